The fourth-order valence-electron chi connectivity index (χ4n) is 4.29. The summed E-state index contributed by atoms with van der Waals surface area (Å²) in [6, 6.07) is 8.85. The molecule has 1 saturated heterocycles. The third-order valence-electron chi connectivity index (χ3n) is 5.18. The lowest BCUT2D eigenvalue weighted by atomic mass is 9.87. The minimum Gasteiger partial charge on any atom is -0.371 e. The van der Waals surface area contributed by atoms with E-state index in [1.807, 2.05) is 12.4 Å². The van der Waals surface area contributed by atoms with Crippen LogP contribution in [0.25, 0.3) is 10.8 Å². The number of hydrogen-bond donors (Lipinski definition) is 0. The van der Waals surface area contributed by atoms with E-state index in [0.29, 0.717) is 5.41 Å². The van der Waals surface area contributed by atoms with Gasteiger partial charge in [0.15, 0.2) is 0 Å². The number of rotatable bonds is 1. The van der Waals surface area contributed by atoms with Crippen LogP contribution in [0.2, 0.25) is 0 Å². The molecule has 0 bridgehead atoms. The van der Waals surface area contributed by atoms with Crippen LogP contribution in [0.5, 0.6) is 0 Å². The van der Waals surface area contributed by atoms with E-state index in [2.05, 4.69) is 54.9 Å². The molecule has 1 aliphatic carbocycles. The molecule has 2 atom stereocenters. The summed E-state index contributed by atoms with van der Waals surface area (Å²) in [5, 5.41) is 2.53. The number of fused-ring (bicyclic) bond motifs is 2. The van der Waals surface area contributed by atoms with Gasteiger partial charge in [-0.3, -0.25) is 4.98 Å². The molecule has 1 aromatic carbocycles. The largest absolute Gasteiger partial charge is 0.371 e. The highest BCUT2D eigenvalue weighted by Gasteiger charge is 2.59. The van der Waals surface area contributed by atoms with Gasteiger partial charge in [-0.2, -0.15) is 0 Å². The smallest absolute Gasteiger partial charge is 0.0373 e. The van der Waals surface area contributed by atoms with Gasteiger partial charge in [0, 0.05) is 36.6 Å². The molecule has 0 radical (unpaired) electrons. The molecular weight excluding hydrogens is 244 g/mol. The molecule has 2 unspecified atom stereocenters. The molecule has 0 N–H and O–H groups in total. The zero-order chi connectivity index (χ0) is 13.9. The zero-order valence-electron chi connectivity index (χ0n) is 12.5. The van der Waals surface area contributed by atoms with Gasteiger partial charge < -0.3 is 4.90 Å². The highest BCUT2D eigenvalue weighted by molar-refractivity contribution is 5.85. The molecule has 104 valence electrons. The predicted molar refractivity (Wildman–Crippen MR) is 83.9 cm³/mol. The number of nitrogens with zero attached hydrogens (tertiary/aromatic N) is 2. The Morgan fingerprint density at radius 1 is 1.05 bits per heavy atom. The van der Waals surface area contributed by atoms with Gasteiger partial charge in [0.25, 0.3) is 0 Å². The summed E-state index contributed by atoms with van der Waals surface area (Å²) in [5.74, 6) is 2.76. The van der Waals surface area contributed by atoms with E-state index < -0.39 is 0 Å². The molecule has 20 heavy (non-hydrogen) atoms. The molecule has 2 aliphatic rings. The maximum absolute atomic E-state index is 4.23. The molecule has 2 aromatic rings. The lowest BCUT2D eigenvalue weighted by Crippen LogP contribution is -2.27. The Kier molecular flexibility index (Phi) is 2.42. The second kappa shape index (κ2) is 3.97. The quantitative estimate of drug-likeness (QED) is 0.776. The standard InChI is InChI=1S/C18H22N2/c1-18(2,3)17-15-10-20(11-16(15)17)14-5-4-12-6-7-19-9-13(12)8-14/h4-9,15-17H,10-11H2,1-3H3. The van der Waals surface area contributed by atoms with Crippen LogP contribution in [0.15, 0.2) is 36.7 Å². The van der Waals surface area contributed by atoms with E-state index in [-0.39, 0.29) is 0 Å². The maximum atomic E-state index is 4.23. The van der Waals surface area contributed by atoms with Gasteiger partial charge in [0.2, 0.25) is 0 Å². The Morgan fingerprint density at radius 2 is 1.80 bits per heavy atom. The number of aromatic nitrogens is 1. The Morgan fingerprint density at radius 3 is 2.50 bits per heavy atom. The summed E-state index contributed by atoms with van der Waals surface area (Å²) < 4.78 is 0. The van der Waals surface area contributed by atoms with Crippen molar-refractivity contribution in [3.8, 4) is 0 Å². The summed E-state index contributed by atoms with van der Waals surface area (Å²) in [6.45, 7) is 9.64. The van der Waals surface area contributed by atoms with Crippen molar-refractivity contribution in [1.29, 1.82) is 0 Å². The maximum Gasteiger partial charge on any atom is 0.0373 e. The van der Waals surface area contributed by atoms with Crippen LogP contribution in [0.1, 0.15) is 20.8 Å². The number of benzene rings is 1. The van der Waals surface area contributed by atoms with Crippen LogP contribution >= 0.6 is 0 Å². The lowest BCUT2D eigenvalue weighted by Gasteiger charge is -2.27. The van der Waals surface area contributed by atoms with Crippen molar-refractivity contribution in [3.63, 3.8) is 0 Å². The highest BCUT2D eigenvalue weighted by Crippen LogP contribution is 2.60. The van der Waals surface area contributed by atoms with E-state index >= 15 is 0 Å². The molecule has 1 aliphatic heterocycles. The first-order valence-corrected chi connectivity index (χ1v) is 7.63. The Balaban J connectivity index is 1.55. The van der Waals surface area contributed by atoms with E-state index in [0.717, 1.165) is 17.8 Å². The van der Waals surface area contributed by atoms with Gasteiger partial charge in [-0.25, -0.2) is 0 Å². The summed E-state index contributed by atoms with van der Waals surface area (Å²) in [7, 11) is 0. The average Bonchev–Trinajstić information content (AvgIpc) is 2.96. The topological polar surface area (TPSA) is 16.1 Å². The van der Waals surface area contributed by atoms with Crippen LogP contribution in [0, 0.1) is 23.2 Å². The highest BCUT2D eigenvalue weighted by atomic mass is 15.2. The van der Waals surface area contributed by atoms with Gasteiger partial charge in [-0.1, -0.05) is 26.8 Å². The molecule has 0 amide bonds. The van der Waals surface area contributed by atoms with Gasteiger partial charge >= 0.3 is 0 Å². The normalized spacial score (nSPS) is 28.8. The number of pyridine rings is 1. The first-order chi connectivity index (χ1) is 9.54. The van der Waals surface area contributed by atoms with Crippen LogP contribution in [0.4, 0.5) is 5.69 Å². The van der Waals surface area contributed by atoms with Crippen LogP contribution in [-0.2, 0) is 0 Å². The van der Waals surface area contributed by atoms with Crippen molar-refractivity contribution in [2.75, 3.05) is 18.0 Å². The lowest BCUT2D eigenvalue weighted by molar-refractivity contribution is 0.309. The molecule has 2 heteroatoms. The van der Waals surface area contributed by atoms with Gasteiger partial charge in [-0.05, 0) is 46.8 Å². The minimum absolute atomic E-state index is 0.481. The Hall–Kier alpha value is -1.57. The van der Waals surface area contributed by atoms with Crippen molar-refractivity contribution in [2.45, 2.75) is 20.8 Å². The fraction of sp³-hybridized carbons (Fsp3) is 0.500. The van der Waals surface area contributed by atoms with Gasteiger partial charge in [0.05, 0.1) is 0 Å². The molecule has 4 rings (SSSR count). The fourth-order valence-corrected chi connectivity index (χ4v) is 4.29. The van der Waals surface area contributed by atoms with Crippen molar-refractivity contribution >= 4 is 16.5 Å². The number of hydrogen-bond acceptors (Lipinski definition) is 2. The third-order valence-corrected chi connectivity index (χ3v) is 5.18. The molecule has 2 nitrogen and oxygen atoms in total. The van der Waals surface area contributed by atoms with Crippen molar-refractivity contribution in [3.05, 3.63) is 36.7 Å². The summed E-state index contributed by atoms with van der Waals surface area (Å²) in [4.78, 5) is 6.79. The van der Waals surface area contributed by atoms with E-state index in [1.165, 1.54) is 29.5 Å². The van der Waals surface area contributed by atoms with E-state index in [4.69, 9.17) is 0 Å². The molecular formula is C18H22N2. The van der Waals surface area contributed by atoms with Crippen molar-refractivity contribution in [2.24, 2.45) is 23.2 Å². The molecule has 1 aromatic heterocycles. The Bertz CT molecular complexity index is 644. The van der Waals surface area contributed by atoms with Crippen molar-refractivity contribution < 1.29 is 0 Å². The van der Waals surface area contributed by atoms with E-state index in [9.17, 15) is 0 Å². The molecule has 2 heterocycles. The minimum atomic E-state index is 0.481. The van der Waals surface area contributed by atoms with Gasteiger partial charge in [0.1, 0.15) is 0 Å². The van der Waals surface area contributed by atoms with Crippen molar-refractivity contribution in [1.82, 2.24) is 4.98 Å². The second-order valence-corrected chi connectivity index (χ2v) is 7.53. The summed E-state index contributed by atoms with van der Waals surface area (Å²) in [6.07, 6.45) is 3.83. The zero-order valence-corrected chi connectivity index (χ0v) is 12.5. The molecule has 2 fully saturated rings. The van der Waals surface area contributed by atoms with Crippen LogP contribution in [0.3, 0.4) is 0 Å². The summed E-state index contributed by atoms with van der Waals surface area (Å²) >= 11 is 0. The predicted octanol–water partition coefficient (Wildman–Crippen LogP) is 3.96. The first kappa shape index (κ1) is 12.2. The first-order valence-electron chi connectivity index (χ1n) is 7.63. The van der Waals surface area contributed by atoms with Gasteiger partial charge in [-0.15, -0.1) is 0 Å². The van der Waals surface area contributed by atoms with E-state index in [1.54, 1.807) is 0 Å². The van der Waals surface area contributed by atoms with Crippen LogP contribution < -0.4 is 4.90 Å². The Labute approximate surface area is 120 Å². The molecule has 0 spiro atoms. The summed E-state index contributed by atoms with van der Waals surface area (Å²) in [5.41, 5.74) is 1.85. The monoisotopic (exact) mass is 266 g/mol. The molecule has 1 saturated carbocycles. The number of piperidine rings is 1. The SMILES string of the molecule is CC(C)(C)C1C2CN(c3ccc4ccncc4c3)CC21. The third kappa shape index (κ3) is 1.81. The van der Waals surface area contributed by atoms with Crippen LogP contribution in [-0.4, -0.2) is 18.1 Å². The average molecular weight is 266 g/mol. The second-order valence-electron chi connectivity index (χ2n) is 7.53. The number of anilines is 1.